The van der Waals surface area contributed by atoms with E-state index in [4.69, 9.17) is 11.6 Å². The van der Waals surface area contributed by atoms with Crippen LogP contribution in [-0.4, -0.2) is 27.2 Å². The Morgan fingerprint density at radius 1 is 1.39 bits per heavy atom. The summed E-state index contributed by atoms with van der Waals surface area (Å²) in [6.07, 6.45) is 3.78. The summed E-state index contributed by atoms with van der Waals surface area (Å²) in [6, 6.07) is -0.881. The van der Waals surface area contributed by atoms with Crippen LogP contribution >= 0.6 is 11.6 Å². The van der Waals surface area contributed by atoms with Crippen molar-refractivity contribution in [3.8, 4) is 0 Å². The maximum Gasteiger partial charge on any atom is 0.326 e. The number of carboxylic acids is 1. The average molecular weight is 342 g/mol. The van der Waals surface area contributed by atoms with E-state index in [1.165, 1.54) is 4.57 Å². The molecule has 0 amide bonds. The molecule has 0 unspecified atom stereocenters. The molecule has 0 fully saturated rings. The van der Waals surface area contributed by atoms with E-state index in [2.05, 4.69) is 24.1 Å². The third-order valence-electron chi connectivity index (χ3n) is 4.55. The van der Waals surface area contributed by atoms with Gasteiger partial charge in [-0.3, -0.25) is 9.36 Å². The number of carboxylic acid groups (broad SMARTS) is 1. The molecule has 1 aliphatic heterocycles. The minimum Gasteiger partial charge on any atom is -0.480 e. The zero-order valence-corrected chi connectivity index (χ0v) is 14.6. The van der Waals surface area contributed by atoms with Gasteiger partial charge in [0, 0.05) is 12.0 Å². The Labute approximate surface area is 140 Å². The Hall–Kier alpha value is -1.56. The zero-order valence-electron chi connectivity index (χ0n) is 13.9. The number of nitrogens with one attached hydrogen (secondary N) is 1. The Kier molecular flexibility index (Phi) is 5.34. The molecular weight excluding hydrogens is 318 g/mol. The van der Waals surface area contributed by atoms with Crippen LogP contribution in [-0.2, 0) is 10.2 Å². The Morgan fingerprint density at radius 3 is 2.48 bits per heavy atom. The SMILES string of the molecule is CCCC1(CCC)C[C@@H](C(=O)O)n2c1c(Cl)nc(NCC)c2=O. The van der Waals surface area contributed by atoms with Gasteiger partial charge >= 0.3 is 5.97 Å². The first kappa shape index (κ1) is 17.8. The lowest BCUT2D eigenvalue weighted by Gasteiger charge is -2.29. The number of aromatic nitrogens is 2. The van der Waals surface area contributed by atoms with E-state index < -0.39 is 17.6 Å². The number of hydrogen-bond donors (Lipinski definition) is 2. The van der Waals surface area contributed by atoms with Gasteiger partial charge in [-0.1, -0.05) is 38.3 Å². The molecule has 2 N–H and O–H groups in total. The highest BCUT2D eigenvalue weighted by atomic mass is 35.5. The number of nitrogens with zero attached hydrogens (tertiary/aromatic N) is 2. The molecule has 0 aromatic carbocycles. The molecule has 0 saturated carbocycles. The minimum absolute atomic E-state index is 0.122. The zero-order chi connectivity index (χ0) is 17.2. The molecule has 0 radical (unpaired) electrons. The maximum atomic E-state index is 12.7. The fourth-order valence-electron chi connectivity index (χ4n) is 3.85. The van der Waals surface area contributed by atoms with Gasteiger partial charge in [0.05, 0.1) is 5.69 Å². The number of carbonyl (C=O) groups is 1. The second kappa shape index (κ2) is 6.91. The summed E-state index contributed by atoms with van der Waals surface area (Å²) in [7, 11) is 0. The number of fused-ring (bicyclic) bond motifs is 1. The van der Waals surface area contributed by atoms with Gasteiger partial charge in [-0.2, -0.15) is 0 Å². The Balaban J connectivity index is 2.74. The molecular formula is C16H24ClN3O3. The van der Waals surface area contributed by atoms with Gasteiger partial charge in [0.2, 0.25) is 0 Å². The molecule has 0 aliphatic carbocycles. The first-order valence-corrected chi connectivity index (χ1v) is 8.58. The van der Waals surface area contributed by atoms with Crippen molar-refractivity contribution >= 4 is 23.4 Å². The monoisotopic (exact) mass is 341 g/mol. The molecule has 6 nitrogen and oxygen atoms in total. The van der Waals surface area contributed by atoms with Gasteiger partial charge in [-0.25, -0.2) is 9.78 Å². The van der Waals surface area contributed by atoms with Crippen molar-refractivity contribution in [2.45, 2.75) is 64.3 Å². The second-order valence-electron chi connectivity index (χ2n) is 6.14. The summed E-state index contributed by atoms with van der Waals surface area (Å²) < 4.78 is 1.36. The predicted octanol–water partition coefficient (Wildman–Crippen LogP) is 3.20. The molecule has 1 aliphatic rings. The van der Waals surface area contributed by atoms with E-state index >= 15 is 0 Å². The molecule has 128 valence electrons. The summed E-state index contributed by atoms with van der Waals surface area (Å²) in [5.41, 5.74) is -0.185. The second-order valence-corrected chi connectivity index (χ2v) is 6.50. The van der Waals surface area contributed by atoms with E-state index in [1.54, 1.807) is 0 Å². The van der Waals surface area contributed by atoms with Crippen LogP contribution in [0.5, 0.6) is 0 Å². The van der Waals surface area contributed by atoms with Gasteiger partial charge in [0.15, 0.2) is 11.0 Å². The fourth-order valence-corrected chi connectivity index (χ4v) is 4.22. The van der Waals surface area contributed by atoms with E-state index in [0.717, 1.165) is 25.7 Å². The molecule has 0 saturated heterocycles. The quantitative estimate of drug-likeness (QED) is 0.795. The average Bonchev–Trinajstić information content (AvgIpc) is 2.82. The summed E-state index contributed by atoms with van der Waals surface area (Å²) in [6.45, 7) is 6.48. The van der Waals surface area contributed by atoms with Crippen LogP contribution in [0.2, 0.25) is 5.15 Å². The van der Waals surface area contributed by atoms with Crippen LogP contribution in [0.4, 0.5) is 5.82 Å². The third-order valence-corrected chi connectivity index (χ3v) is 4.82. The van der Waals surface area contributed by atoms with Crippen LogP contribution in [0, 0.1) is 0 Å². The van der Waals surface area contributed by atoms with Crippen LogP contribution in [0.3, 0.4) is 0 Å². The standard InChI is InChI=1S/C16H24ClN3O3/c1-4-7-16(8-5-2)9-10(15(22)23)20-11(16)12(17)19-13(14(20)21)18-6-3/h10H,4-9H2,1-3H3,(H,18,19)(H,22,23)/t10-/m0/s1. The van der Waals surface area contributed by atoms with E-state index in [1.807, 2.05) is 6.92 Å². The van der Waals surface area contributed by atoms with Crippen LogP contribution in [0.15, 0.2) is 4.79 Å². The number of halogens is 1. The van der Waals surface area contributed by atoms with Crippen molar-refractivity contribution in [3.63, 3.8) is 0 Å². The largest absolute Gasteiger partial charge is 0.480 e. The normalized spacial score (nSPS) is 18.7. The third kappa shape index (κ3) is 2.96. The van der Waals surface area contributed by atoms with Crippen molar-refractivity contribution < 1.29 is 9.90 Å². The van der Waals surface area contributed by atoms with Crippen molar-refractivity contribution in [2.75, 3.05) is 11.9 Å². The van der Waals surface area contributed by atoms with Gasteiger partial charge in [-0.05, 0) is 26.2 Å². The van der Waals surface area contributed by atoms with E-state index in [-0.39, 0.29) is 16.4 Å². The maximum absolute atomic E-state index is 12.7. The molecule has 7 heteroatoms. The molecule has 1 atom stereocenters. The molecule has 2 rings (SSSR count). The minimum atomic E-state index is -0.993. The fraction of sp³-hybridized carbons (Fsp3) is 0.688. The Morgan fingerprint density at radius 2 is 2.00 bits per heavy atom. The highest BCUT2D eigenvalue weighted by Gasteiger charge is 2.48. The summed E-state index contributed by atoms with van der Waals surface area (Å²) in [5.74, 6) is -0.872. The van der Waals surface area contributed by atoms with Crippen molar-refractivity contribution in [2.24, 2.45) is 0 Å². The number of anilines is 1. The summed E-state index contributed by atoms with van der Waals surface area (Å²) >= 11 is 6.40. The lowest BCUT2D eigenvalue weighted by atomic mass is 9.74. The first-order valence-electron chi connectivity index (χ1n) is 8.21. The number of aliphatic carboxylic acids is 1. The lowest BCUT2D eigenvalue weighted by molar-refractivity contribution is -0.141. The summed E-state index contributed by atoms with van der Waals surface area (Å²) in [4.78, 5) is 28.7. The highest BCUT2D eigenvalue weighted by Crippen LogP contribution is 2.49. The Bertz CT molecular complexity index is 651. The van der Waals surface area contributed by atoms with Crippen molar-refractivity contribution in [1.82, 2.24) is 9.55 Å². The van der Waals surface area contributed by atoms with Gasteiger partial charge in [0.25, 0.3) is 5.56 Å². The van der Waals surface area contributed by atoms with E-state index in [0.29, 0.717) is 18.7 Å². The molecule has 0 spiro atoms. The van der Waals surface area contributed by atoms with Crippen LogP contribution in [0.25, 0.3) is 0 Å². The number of rotatable bonds is 7. The first-order chi connectivity index (χ1) is 10.9. The lowest BCUT2D eigenvalue weighted by Crippen LogP contribution is -2.32. The van der Waals surface area contributed by atoms with Crippen LogP contribution in [0.1, 0.15) is 64.6 Å². The van der Waals surface area contributed by atoms with Crippen LogP contribution < -0.4 is 10.9 Å². The van der Waals surface area contributed by atoms with Crippen molar-refractivity contribution in [3.05, 3.63) is 21.2 Å². The molecule has 23 heavy (non-hydrogen) atoms. The van der Waals surface area contributed by atoms with E-state index in [9.17, 15) is 14.7 Å². The molecule has 2 heterocycles. The van der Waals surface area contributed by atoms with Gasteiger partial charge in [-0.15, -0.1) is 0 Å². The van der Waals surface area contributed by atoms with Gasteiger partial charge in [0.1, 0.15) is 6.04 Å². The van der Waals surface area contributed by atoms with Crippen molar-refractivity contribution in [1.29, 1.82) is 0 Å². The molecule has 0 bridgehead atoms. The highest BCUT2D eigenvalue weighted by molar-refractivity contribution is 6.30. The smallest absolute Gasteiger partial charge is 0.326 e. The predicted molar refractivity (Wildman–Crippen MR) is 90.5 cm³/mol. The molecule has 1 aromatic heterocycles. The topological polar surface area (TPSA) is 84.2 Å². The molecule has 1 aromatic rings. The summed E-state index contributed by atoms with van der Waals surface area (Å²) in [5, 5.41) is 12.7. The van der Waals surface area contributed by atoms with Gasteiger partial charge < -0.3 is 10.4 Å². The number of hydrogen-bond acceptors (Lipinski definition) is 4.